The summed E-state index contributed by atoms with van der Waals surface area (Å²) in [5, 5.41) is 20.1. The number of nitrogens with zero attached hydrogens (tertiary/aromatic N) is 2. The molecule has 0 aliphatic heterocycles. The molecular formula is C12H13N3O3S2. The molecule has 1 aromatic heterocycles. The number of aliphatic carboxylic acids is 1. The molecule has 6 nitrogen and oxygen atoms in total. The Kier molecular flexibility index (Phi) is 5.63. The molecule has 0 amide bonds. The topological polar surface area (TPSA) is 84.3 Å². The van der Waals surface area contributed by atoms with Crippen LogP contribution in [0.5, 0.6) is 5.75 Å². The predicted octanol–water partition coefficient (Wildman–Crippen LogP) is 2.21. The van der Waals surface area contributed by atoms with Crippen molar-refractivity contribution in [3.63, 3.8) is 0 Å². The second-order valence-electron chi connectivity index (χ2n) is 3.64. The summed E-state index contributed by atoms with van der Waals surface area (Å²) in [4.78, 5) is 10.4. The maximum atomic E-state index is 10.4. The summed E-state index contributed by atoms with van der Waals surface area (Å²) < 4.78 is 6.16. The Labute approximate surface area is 124 Å². The molecule has 2 rings (SSSR count). The number of ether oxygens (including phenoxy) is 1. The number of benzene rings is 1. The Balaban J connectivity index is 1.68. The Morgan fingerprint density at radius 2 is 2.15 bits per heavy atom. The number of carboxylic acids is 1. The molecule has 0 unspecified atom stereocenters. The van der Waals surface area contributed by atoms with Crippen LogP contribution in [0.3, 0.4) is 0 Å². The van der Waals surface area contributed by atoms with Gasteiger partial charge in [-0.15, -0.1) is 10.2 Å². The van der Waals surface area contributed by atoms with Crippen molar-refractivity contribution in [2.24, 2.45) is 0 Å². The highest BCUT2D eigenvalue weighted by molar-refractivity contribution is 8.01. The molecule has 0 saturated heterocycles. The van der Waals surface area contributed by atoms with Gasteiger partial charge in [0.1, 0.15) is 12.4 Å². The number of hydrogen-bond acceptors (Lipinski definition) is 7. The van der Waals surface area contributed by atoms with Crippen LogP contribution < -0.4 is 10.1 Å². The molecule has 1 heterocycles. The summed E-state index contributed by atoms with van der Waals surface area (Å²) in [5.74, 6) is -0.0496. The summed E-state index contributed by atoms with van der Waals surface area (Å²) in [6.07, 6.45) is 0. The lowest BCUT2D eigenvalue weighted by Crippen LogP contribution is -2.11. The highest BCUT2D eigenvalue weighted by Gasteiger charge is 2.06. The van der Waals surface area contributed by atoms with E-state index in [0.717, 1.165) is 17.5 Å². The van der Waals surface area contributed by atoms with E-state index in [0.29, 0.717) is 22.6 Å². The van der Waals surface area contributed by atoms with Crippen molar-refractivity contribution in [3.05, 3.63) is 30.3 Å². The largest absolute Gasteiger partial charge is 0.492 e. The van der Waals surface area contributed by atoms with Gasteiger partial charge in [-0.3, -0.25) is 4.79 Å². The van der Waals surface area contributed by atoms with Crippen LogP contribution >= 0.6 is 23.1 Å². The molecule has 0 radical (unpaired) electrons. The summed E-state index contributed by atoms with van der Waals surface area (Å²) in [5.41, 5.74) is 0. The van der Waals surface area contributed by atoms with E-state index in [4.69, 9.17) is 9.84 Å². The average Bonchev–Trinajstić information content (AvgIpc) is 2.90. The van der Waals surface area contributed by atoms with Crippen molar-refractivity contribution >= 4 is 34.2 Å². The van der Waals surface area contributed by atoms with Gasteiger partial charge in [-0.2, -0.15) is 0 Å². The minimum Gasteiger partial charge on any atom is -0.492 e. The lowest BCUT2D eigenvalue weighted by molar-refractivity contribution is -0.133. The van der Waals surface area contributed by atoms with E-state index in [1.165, 1.54) is 11.3 Å². The number of carboxylic acid groups (broad SMARTS) is 1. The molecule has 0 aliphatic carbocycles. The van der Waals surface area contributed by atoms with Gasteiger partial charge in [0.15, 0.2) is 4.34 Å². The van der Waals surface area contributed by atoms with Crippen LogP contribution in [0, 0.1) is 0 Å². The lowest BCUT2D eigenvalue weighted by Gasteiger charge is -2.05. The number of aromatic nitrogens is 2. The van der Waals surface area contributed by atoms with Crippen LogP contribution in [-0.4, -0.2) is 40.2 Å². The molecule has 8 heteroatoms. The molecule has 2 N–H and O–H groups in total. The van der Waals surface area contributed by atoms with Crippen molar-refractivity contribution in [2.75, 3.05) is 24.2 Å². The van der Waals surface area contributed by atoms with Crippen molar-refractivity contribution < 1.29 is 14.6 Å². The van der Waals surface area contributed by atoms with Crippen LogP contribution in [0.15, 0.2) is 34.7 Å². The molecule has 2 aromatic rings. The maximum Gasteiger partial charge on any atom is 0.313 e. The molecule has 0 bridgehead atoms. The second kappa shape index (κ2) is 7.71. The Morgan fingerprint density at radius 1 is 1.35 bits per heavy atom. The first-order valence-electron chi connectivity index (χ1n) is 5.84. The van der Waals surface area contributed by atoms with Gasteiger partial charge in [-0.05, 0) is 12.1 Å². The van der Waals surface area contributed by atoms with E-state index in [2.05, 4.69) is 15.5 Å². The van der Waals surface area contributed by atoms with Crippen molar-refractivity contribution in [1.29, 1.82) is 0 Å². The minimum atomic E-state index is -0.865. The van der Waals surface area contributed by atoms with Gasteiger partial charge in [-0.25, -0.2) is 0 Å². The van der Waals surface area contributed by atoms with E-state index in [1.54, 1.807) is 0 Å². The summed E-state index contributed by atoms with van der Waals surface area (Å²) >= 11 is 2.49. The third-order valence-corrected chi connectivity index (χ3v) is 4.11. The predicted molar refractivity (Wildman–Crippen MR) is 78.7 cm³/mol. The third-order valence-electron chi connectivity index (χ3n) is 2.12. The van der Waals surface area contributed by atoms with Crippen LogP contribution in [0.4, 0.5) is 5.13 Å². The molecular weight excluding hydrogens is 298 g/mol. The molecule has 0 atom stereocenters. The average molecular weight is 311 g/mol. The minimum absolute atomic E-state index is 0.00818. The van der Waals surface area contributed by atoms with E-state index < -0.39 is 5.97 Å². The summed E-state index contributed by atoms with van der Waals surface area (Å²) in [6, 6.07) is 9.55. The Morgan fingerprint density at radius 3 is 2.90 bits per heavy atom. The SMILES string of the molecule is O=C(O)CSc1nnc(NCCOc2ccccc2)s1. The monoisotopic (exact) mass is 311 g/mol. The van der Waals surface area contributed by atoms with Gasteiger partial charge in [0.05, 0.1) is 12.3 Å². The summed E-state index contributed by atoms with van der Waals surface area (Å²) in [6.45, 7) is 1.12. The highest BCUT2D eigenvalue weighted by Crippen LogP contribution is 2.24. The van der Waals surface area contributed by atoms with Crippen LogP contribution in [-0.2, 0) is 4.79 Å². The fourth-order valence-electron chi connectivity index (χ4n) is 1.31. The standard InChI is InChI=1S/C12H13N3O3S2/c16-10(17)8-19-12-15-14-11(20-12)13-6-7-18-9-4-2-1-3-5-9/h1-5H,6-8H2,(H,13,14)(H,16,17). The maximum absolute atomic E-state index is 10.4. The van der Waals surface area contributed by atoms with Gasteiger partial charge < -0.3 is 15.2 Å². The van der Waals surface area contributed by atoms with Gasteiger partial charge in [-0.1, -0.05) is 41.3 Å². The first kappa shape index (κ1) is 14.6. The number of nitrogens with one attached hydrogen (secondary N) is 1. The first-order chi connectivity index (χ1) is 9.74. The number of rotatable bonds is 8. The highest BCUT2D eigenvalue weighted by atomic mass is 32.2. The normalized spacial score (nSPS) is 10.2. The number of carbonyl (C=O) groups is 1. The number of para-hydroxylation sites is 1. The molecule has 1 aromatic carbocycles. The fraction of sp³-hybridized carbons (Fsp3) is 0.250. The van der Waals surface area contributed by atoms with E-state index in [9.17, 15) is 4.79 Å². The Bertz CT molecular complexity index is 548. The smallest absolute Gasteiger partial charge is 0.313 e. The number of hydrogen-bond donors (Lipinski definition) is 2. The van der Waals surface area contributed by atoms with Crippen LogP contribution in [0.2, 0.25) is 0 Å². The van der Waals surface area contributed by atoms with Gasteiger partial charge in [0.2, 0.25) is 5.13 Å². The van der Waals surface area contributed by atoms with Gasteiger partial charge in [0, 0.05) is 0 Å². The van der Waals surface area contributed by atoms with E-state index in [1.807, 2.05) is 30.3 Å². The quantitative estimate of drug-likeness (QED) is 0.571. The zero-order chi connectivity index (χ0) is 14.2. The summed E-state index contributed by atoms with van der Waals surface area (Å²) in [7, 11) is 0. The van der Waals surface area contributed by atoms with Gasteiger partial charge >= 0.3 is 5.97 Å². The van der Waals surface area contributed by atoms with E-state index in [-0.39, 0.29) is 5.75 Å². The van der Waals surface area contributed by atoms with Crippen molar-refractivity contribution in [3.8, 4) is 5.75 Å². The van der Waals surface area contributed by atoms with Crippen molar-refractivity contribution in [1.82, 2.24) is 10.2 Å². The first-order valence-corrected chi connectivity index (χ1v) is 7.64. The molecule has 20 heavy (non-hydrogen) atoms. The zero-order valence-electron chi connectivity index (χ0n) is 10.5. The van der Waals surface area contributed by atoms with Gasteiger partial charge in [0.25, 0.3) is 0 Å². The third kappa shape index (κ3) is 5.06. The molecule has 0 aliphatic rings. The van der Waals surface area contributed by atoms with Crippen molar-refractivity contribution in [2.45, 2.75) is 4.34 Å². The molecule has 0 saturated carbocycles. The Hall–Kier alpha value is -1.80. The molecule has 106 valence electrons. The molecule has 0 fully saturated rings. The molecule has 0 spiro atoms. The zero-order valence-corrected chi connectivity index (χ0v) is 12.1. The second-order valence-corrected chi connectivity index (χ2v) is 5.84. The van der Waals surface area contributed by atoms with Crippen LogP contribution in [0.1, 0.15) is 0 Å². The fourth-order valence-corrected chi connectivity index (χ4v) is 2.80. The number of anilines is 1. The van der Waals surface area contributed by atoms with E-state index >= 15 is 0 Å². The van der Waals surface area contributed by atoms with Crippen LogP contribution in [0.25, 0.3) is 0 Å². The number of thioether (sulfide) groups is 1. The lowest BCUT2D eigenvalue weighted by atomic mass is 10.3.